The van der Waals surface area contributed by atoms with Gasteiger partial charge < -0.3 is 29.6 Å². The first-order valence-electron chi connectivity index (χ1n) is 9.92. The van der Waals surface area contributed by atoms with Crippen molar-refractivity contribution in [1.29, 1.82) is 0 Å². The van der Waals surface area contributed by atoms with Crippen molar-refractivity contribution in [3.63, 3.8) is 0 Å². The number of sulfone groups is 1. The average Bonchev–Trinajstić information content (AvgIpc) is 3.40. The minimum atomic E-state index is -3.98. The van der Waals surface area contributed by atoms with E-state index in [0.29, 0.717) is 0 Å². The van der Waals surface area contributed by atoms with Crippen molar-refractivity contribution in [2.24, 2.45) is 11.8 Å². The molecule has 0 radical (unpaired) electrons. The Hall–Kier alpha value is -2.90. The van der Waals surface area contributed by atoms with Gasteiger partial charge in [-0.2, -0.15) is 0 Å². The number of esters is 3. The molecule has 0 bridgehead atoms. The van der Waals surface area contributed by atoms with E-state index in [0.717, 1.165) is 21.1 Å². The van der Waals surface area contributed by atoms with Crippen molar-refractivity contribution in [1.82, 2.24) is 10.6 Å². The minimum Gasteiger partial charge on any atom is -0.469 e. The predicted molar refractivity (Wildman–Crippen MR) is 109 cm³/mol. The Bertz CT molecular complexity index is 955. The third kappa shape index (κ3) is 5.54. The van der Waals surface area contributed by atoms with Gasteiger partial charge in [0, 0.05) is 12.8 Å². The van der Waals surface area contributed by atoms with Gasteiger partial charge in [-0.1, -0.05) is 0 Å². The standard InChI is InChI=1S/C19H28N2O11S/c1-9(22)31-7-10(20-17(26)32-18(2,3)4)14(23)21-19(16(25)30-6)8-33(27,28)13-11(12(13)19)15(24)29-5/h10-13H,7-8H2,1-6H3,(H,20,26)(H,21,23)/t10-,11+,12+,13-,19-/m0/s1. The summed E-state index contributed by atoms with van der Waals surface area (Å²) in [5.74, 6) is -6.83. The van der Waals surface area contributed by atoms with Crippen LogP contribution in [0, 0.1) is 11.8 Å². The Morgan fingerprint density at radius 3 is 2.18 bits per heavy atom. The van der Waals surface area contributed by atoms with E-state index in [-0.39, 0.29) is 0 Å². The normalized spacial score (nSPS) is 27.9. The highest BCUT2D eigenvalue weighted by atomic mass is 32.2. The van der Waals surface area contributed by atoms with Crippen molar-refractivity contribution in [2.45, 2.75) is 50.1 Å². The van der Waals surface area contributed by atoms with Gasteiger partial charge in [0.15, 0.2) is 15.4 Å². The lowest BCUT2D eigenvalue weighted by Crippen LogP contribution is -2.63. The zero-order valence-electron chi connectivity index (χ0n) is 19.1. The van der Waals surface area contributed by atoms with Crippen LogP contribution in [0.3, 0.4) is 0 Å². The van der Waals surface area contributed by atoms with Crippen LogP contribution in [0.5, 0.6) is 0 Å². The molecule has 2 fully saturated rings. The molecule has 2 rings (SSSR count). The molecule has 0 spiro atoms. The van der Waals surface area contributed by atoms with Crippen molar-refractivity contribution in [2.75, 3.05) is 26.6 Å². The molecule has 13 nitrogen and oxygen atoms in total. The summed E-state index contributed by atoms with van der Waals surface area (Å²) in [5.41, 5.74) is -3.01. The smallest absolute Gasteiger partial charge is 0.408 e. The van der Waals surface area contributed by atoms with Crippen LogP contribution in [0.4, 0.5) is 4.79 Å². The molecule has 0 aromatic heterocycles. The Labute approximate surface area is 190 Å². The second kappa shape index (κ2) is 9.15. The molecule has 5 atom stereocenters. The predicted octanol–water partition coefficient (Wildman–Crippen LogP) is -1.31. The molecule has 2 amide bonds. The molecule has 2 N–H and O–H groups in total. The summed E-state index contributed by atoms with van der Waals surface area (Å²) >= 11 is 0. The van der Waals surface area contributed by atoms with Gasteiger partial charge in [0.25, 0.3) is 0 Å². The average molecular weight is 493 g/mol. The number of carbonyl (C=O) groups excluding carboxylic acids is 5. The van der Waals surface area contributed by atoms with Crippen molar-refractivity contribution >= 4 is 39.7 Å². The first kappa shape index (κ1) is 26.4. The summed E-state index contributed by atoms with van der Waals surface area (Å²) in [4.78, 5) is 61.3. The molecule has 186 valence electrons. The number of hydrogen-bond donors (Lipinski definition) is 2. The van der Waals surface area contributed by atoms with Gasteiger partial charge in [0.1, 0.15) is 18.2 Å². The van der Waals surface area contributed by atoms with Crippen molar-refractivity contribution in [3.05, 3.63) is 0 Å². The molecule has 0 unspecified atom stereocenters. The Morgan fingerprint density at radius 1 is 1.09 bits per heavy atom. The number of nitrogens with one attached hydrogen (secondary N) is 2. The zero-order chi connectivity index (χ0) is 25.4. The topological polar surface area (TPSA) is 180 Å². The molecule has 33 heavy (non-hydrogen) atoms. The van der Waals surface area contributed by atoms with Crippen molar-refractivity contribution in [3.8, 4) is 0 Å². The fraction of sp³-hybridized carbons (Fsp3) is 0.737. The fourth-order valence-electron chi connectivity index (χ4n) is 3.93. The van der Waals surface area contributed by atoms with Crippen LogP contribution in [-0.4, -0.2) is 87.3 Å². The molecule has 1 aliphatic heterocycles. The lowest BCUT2D eigenvalue weighted by molar-refractivity contribution is -0.153. The number of amides is 2. The van der Waals surface area contributed by atoms with E-state index in [1.807, 2.05) is 0 Å². The lowest BCUT2D eigenvalue weighted by atomic mass is 9.93. The van der Waals surface area contributed by atoms with Crippen LogP contribution in [-0.2, 0) is 48.0 Å². The molecule has 0 aromatic carbocycles. The third-order valence-electron chi connectivity index (χ3n) is 5.20. The van der Waals surface area contributed by atoms with E-state index in [4.69, 9.17) is 14.2 Å². The highest BCUT2D eigenvalue weighted by Gasteiger charge is 2.79. The summed E-state index contributed by atoms with van der Waals surface area (Å²) in [6.07, 6.45) is -1.02. The number of methoxy groups -OCH3 is 2. The van der Waals surface area contributed by atoms with Crippen LogP contribution in [0.25, 0.3) is 0 Å². The number of alkyl carbamates (subject to hydrolysis) is 1. The first-order valence-corrected chi connectivity index (χ1v) is 11.6. The van der Waals surface area contributed by atoms with Gasteiger partial charge in [0.2, 0.25) is 5.91 Å². The molecule has 0 aromatic rings. The van der Waals surface area contributed by atoms with Crippen molar-refractivity contribution < 1.29 is 51.3 Å². The van der Waals surface area contributed by atoms with Crippen LogP contribution in [0.1, 0.15) is 27.7 Å². The van der Waals surface area contributed by atoms with E-state index < -0.39 is 86.4 Å². The maximum Gasteiger partial charge on any atom is 0.408 e. The van der Waals surface area contributed by atoms with E-state index >= 15 is 0 Å². The highest BCUT2D eigenvalue weighted by molar-refractivity contribution is 7.92. The minimum absolute atomic E-state index is 0.626. The molecule has 14 heteroatoms. The summed E-state index contributed by atoms with van der Waals surface area (Å²) in [6.45, 7) is 5.22. The van der Waals surface area contributed by atoms with Crippen LogP contribution >= 0.6 is 0 Å². The van der Waals surface area contributed by atoms with Gasteiger partial charge in [-0.05, 0) is 20.8 Å². The van der Waals surface area contributed by atoms with Crippen LogP contribution in [0.2, 0.25) is 0 Å². The summed E-state index contributed by atoms with van der Waals surface area (Å²) < 4.78 is 44.6. The second-order valence-electron chi connectivity index (χ2n) is 8.80. The SMILES string of the molecule is COC(=O)[C@@H]1[C@@H]2[C@H]1S(=O)(=O)C[C@@]2(NC(=O)[C@H](COC(C)=O)NC(=O)OC(C)(C)C)C(=O)OC. The maximum atomic E-state index is 13.1. The van der Waals surface area contributed by atoms with Gasteiger partial charge >= 0.3 is 24.0 Å². The molecule has 1 aliphatic carbocycles. The molecule has 1 heterocycles. The van der Waals surface area contributed by atoms with Gasteiger partial charge in [0.05, 0.1) is 31.1 Å². The Morgan fingerprint density at radius 2 is 1.70 bits per heavy atom. The number of carbonyl (C=O) groups is 5. The number of hydrogen-bond acceptors (Lipinski definition) is 11. The maximum absolute atomic E-state index is 13.1. The quantitative estimate of drug-likeness (QED) is 0.318. The Balaban J connectivity index is 2.35. The number of rotatable bonds is 7. The van der Waals surface area contributed by atoms with E-state index in [9.17, 15) is 32.4 Å². The first-order chi connectivity index (χ1) is 15.1. The van der Waals surface area contributed by atoms with E-state index in [2.05, 4.69) is 15.4 Å². The summed E-state index contributed by atoms with van der Waals surface area (Å²) in [7, 11) is -1.90. The summed E-state index contributed by atoms with van der Waals surface area (Å²) in [5, 5.41) is 3.33. The molecule has 1 saturated carbocycles. The molecule has 2 aliphatic rings. The largest absolute Gasteiger partial charge is 0.469 e. The third-order valence-corrected chi connectivity index (χ3v) is 7.47. The monoisotopic (exact) mass is 492 g/mol. The van der Waals surface area contributed by atoms with Crippen LogP contribution in [0.15, 0.2) is 0 Å². The van der Waals surface area contributed by atoms with E-state index in [1.165, 1.54) is 0 Å². The molecular weight excluding hydrogens is 464 g/mol. The Kier molecular flexibility index (Phi) is 7.31. The summed E-state index contributed by atoms with van der Waals surface area (Å²) in [6, 6.07) is -1.54. The molecule has 1 saturated heterocycles. The number of ether oxygens (including phenoxy) is 4. The number of fused-ring (bicyclic) bond motifs is 1. The second-order valence-corrected chi connectivity index (χ2v) is 11.0. The lowest BCUT2D eigenvalue weighted by Gasteiger charge is -2.31. The van der Waals surface area contributed by atoms with E-state index in [1.54, 1.807) is 20.8 Å². The fourth-order valence-corrected chi connectivity index (χ4v) is 6.63. The van der Waals surface area contributed by atoms with Gasteiger partial charge in [-0.25, -0.2) is 18.0 Å². The highest BCUT2D eigenvalue weighted by Crippen LogP contribution is 2.58. The van der Waals surface area contributed by atoms with Gasteiger partial charge in [-0.3, -0.25) is 14.4 Å². The van der Waals surface area contributed by atoms with Gasteiger partial charge in [-0.15, -0.1) is 0 Å². The zero-order valence-corrected chi connectivity index (χ0v) is 19.9. The van der Waals surface area contributed by atoms with Crippen LogP contribution < -0.4 is 10.6 Å². The molecular formula is C19H28N2O11S.